The summed E-state index contributed by atoms with van der Waals surface area (Å²) < 4.78 is 1.93. The molecule has 6 nitrogen and oxygen atoms in total. The van der Waals surface area contributed by atoms with Crippen LogP contribution >= 0.6 is 11.3 Å². The van der Waals surface area contributed by atoms with E-state index in [0.29, 0.717) is 6.54 Å². The highest BCUT2D eigenvalue weighted by Gasteiger charge is 2.18. The van der Waals surface area contributed by atoms with Crippen LogP contribution in [-0.4, -0.2) is 37.6 Å². The van der Waals surface area contributed by atoms with Crippen LogP contribution in [0.25, 0.3) is 16.3 Å². The molecule has 0 N–H and O–H groups in total. The van der Waals surface area contributed by atoms with Gasteiger partial charge in [0.15, 0.2) is 0 Å². The minimum Gasteiger partial charge on any atom is -0.341 e. The molecule has 152 valence electrons. The Bertz CT molecular complexity index is 1150. The van der Waals surface area contributed by atoms with Gasteiger partial charge in [-0.1, -0.05) is 18.2 Å². The van der Waals surface area contributed by atoms with Gasteiger partial charge in [0.25, 0.3) is 0 Å². The fourth-order valence-corrected chi connectivity index (χ4v) is 4.16. The third-order valence-electron chi connectivity index (χ3n) is 5.06. The number of nitrogens with zero attached hydrogens (tertiary/aromatic N) is 5. The van der Waals surface area contributed by atoms with E-state index in [4.69, 9.17) is 0 Å². The lowest BCUT2D eigenvalue weighted by Crippen LogP contribution is -2.28. The van der Waals surface area contributed by atoms with Gasteiger partial charge in [-0.3, -0.25) is 9.78 Å². The summed E-state index contributed by atoms with van der Waals surface area (Å²) in [5.74, 6) is 0.0318. The number of carbonyl (C=O) groups excluding carboxylic acids is 1. The zero-order valence-electron chi connectivity index (χ0n) is 17.2. The lowest BCUT2D eigenvalue weighted by atomic mass is 10.1. The first-order valence-corrected chi connectivity index (χ1v) is 10.6. The van der Waals surface area contributed by atoms with Gasteiger partial charge in [0.2, 0.25) is 5.91 Å². The van der Waals surface area contributed by atoms with Crippen LogP contribution < -0.4 is 0 Å². The smallest absolute Gasteiger partial charge is 0.228 e. The Labute approximate surface area is 179 Å². The van der Waals surface area contributed by atoms with Gasteiger partial charge < -0.3 is 4.90 Å². The van der Waals surface area contributed by atoms with Crippen molar-refractivity contribution < 1.29 is 4.79 Å². The number of carbonyl (C=O) groups is 1. The highest BCUT2D eigenvalue weighted by atomic mass is 32.1. The molecule has 1 amide bonds. The van der Waals surface area contributed by atoms with Gasteiger partial charge in [0, 0.05) is 48.2 Å². The summed E-state index contributed by atoms with van der Waals surface area (Å²) in [6, 6.07) is 13.9. The predicted molar refractivity (Wildman–Crippen MR) is 119 cm³/mol. The summed E-state index contributed by atoms with van der Waals surface area (Å²) in [5.41, 5.74) is 5.82. The molecule has 0 radical (unpaired) electrons. The van der Waals surface area contributed by atoms with Crippen LogP contribution in [0.3, 0.4) is 0 Å². The van der Waals surface area contributed by atoms with Crippen molar-refractivity contribution in [1.82, 2.24) is 24.6 Å². The summed E-state index contributed by atoms with van der Waals surface area (Å²) in [7, 11) is 1.83. The van der Waals surface area contributed by atoms with Crippen molar-refractivity contribution in [1.29, 1.82) is 0 Å². The van der Waals surface area contributed by atoms with Crippen LogP contribution in [0.2, 0.25) is 0 Å². The number of amides is 1. The van der Waals surface area contributed by atoms with Crippen molar-refractivity contribution in [2.24, 2.45) is 0 Å². The number of pyridine rings is 1. The van der Waals surface area contributed by atoms with Gasteiger partial charge in [-0.25, -0.2) is 9.67 Å². The fraction of sp³-hybridized carbons (Fsp3) is 0.217. The number of rotatable bonds is 6. The van der Waals surface area contributed by atoms with Crippen molar-refractivity contribution in [3.05, 3.63) is 82.9 Å². The number of hydrogen-bond acceptors (Lipinski definition) is 5. The van der Waals surface area contributed by atoms with Crippen molar-refractivity contribution in [3.8, 4) is 16.3 Å². The fourth-order valence-electron chi connectivity index (χ4n) is 3.35. The lowest BCUT2D eigenvalue weighted by molar-refractivity contribution is -0.129. The van der Waals surface area contributed by atoms with E-state index in [-0.39, 0.29) is 12.3 Å². The molecule has 0 saturated heterocycles. The predicted octanol–water partition coefficient (Wildman–Crippen LogP) is 4.21. The van der Waals surface area contributed by atoms with Gasteiger partial charge in [-0.2, -0.15) is 5.10 Å². The van der Waals surface area contributed by atoms with E-state index >= 15 is 0 Å². The lowest BCUT2D eigenvalue weighted by Gasteiger charge is -2.17. The summed E-state index contributed by atoms with van der Waals surface area (Å²) in [6.07, 6.45) is 3.80. The Kier molecular flexibility index (Phi) is 5.72. The summed E-state index contributed by atoms with van der Waals surface area (Å²) in [5, 5.41) is 7.50. The number of aryl methyl sites for hydroxylation is 1. The van der Waals surface area contributed by atoms with Gasteiger partial charge in [0.05, 0.1) is 23.5 Å². The van der Waals surface area contributed by atoms with E-state index in [1.54, 1.807) is 17.3 Å². The Morgan fingerprint density at radius 2 is 1.93 bits per heavy atom. The first kappa shape index (κ1) is 20.0. The topological polar surface area (TPSA) is 63.9 Å². The van der Waals surface area contributed by atoms with E-state index in [0.717, 1.165) is 38.9 Å². The average Bonchev–Trinajstić information content (AvgIpc) is 3.35. The second-order valence-corrected chi connectivity index (χ2v) is 8.07. The number of benzene rings is 1. The Morgan fingerprint density at radius 3 is 2.67 bits per heavy atom. The zero-order valence-corrected chi connectivity index (χ0v) is 18.1. The molecule has 0 spiro atoms. The molecule has 0 atom stereocenters. The minimum atomic E-state index is 0.0318. The number of thiazole rings is 1. The summed E-state index contributed by atoms with van der Waals surface area (Å²) >= 11 is 1.53. The standard InChI is InChI=1S/C23H23N5OS/c1-16-21(17(2)28(26-16)20-9-5-4-6-10-20)14-27(3)22(29)12-19-15-30-23(25-19)18-8-7-11-24-13-18/h4-11,13,15H,12,14H2,1-3H3. The van der Waals surface area contributed by atoms with Crippen LogP contribution in [0.15, 0.2) is 60.2 Å². The molecule has 3 heterocycles. The number of hydrogen-bond donors (Lipinski definition) is 0. The zero-order chi connectivity index (χ0) is 21.1. The van der Waals surface area contributed by atoms with Gasteiger partial charge in [-0.15, -0.1) is 11.3 Å². The van der Waals surface area contributed by atoms with Gasteiger partial charge in [-0.05, 0) is 38.1 Å². The van der Waals surface area contributed by atoms with Gasteiger partial charge in [0.1, 0.15) is 5.01 Å². The second-order valence-electron chi connectivity index (χ2n) is 7.21. The molecule has 0 aliphatic rings. The maximum atomic E-state index is 12.8. The summed E-state index contributed by atoms with van der Waals surface area (Å²) in [4.78, 5) is 23.3. The van der Waals surface area contributed by atoms with E-state index in [1.807, 2.05) is 73.4 Å². The average molecular weight is 418 g/mol. The van der Waals surface area contributed by atoms with Crippen molar-refractivity contribution in [2.75, 3.05) is 7.05 Å². The molecule has 7 heteroatoms. The van der Waals surface area contributed by atoms with E-state index in [2.05, 4.69) is 15.1 Å². The summed E-state index contributed by atoms with van der Waals surface area (Å²) in [6.45, 7) is 4.55. The minimum absolute atomic E-state index is 0.0318. The Balaban J connectivity index is 1.46. The Hall–Kier alpha value is -3.32. The number of aromatic nitrogens is 4. The van der Waals surface area contributed by atoms with Crippen molar-refractivity contribution in [2.45, 2.75) is 26.8 Å². The molecule has 4 rings (SSSR count). The highest BCUT2D eigenvalue weighted by Crippen LogP contribution is 2.23. The third-order valence-corrected chi connectivity index (χ3v) is 6.00. The maximum absolute atomic E-state index is 12.8. The quantitative estimate of drug-likeness (QED) is 0.471. The van der Waals surface area contributed by atoms with Crippen LogP contribution in [-0.2, 0) is 17.8 Å². The monoisotopic (exact) mass is 417 g/mol. The normalized spacial score (nSPS) is 10.9. The van der Waals surface area contributed by atoms with Crippen LogP contribution in [0.4, 0.5) is 0 Å². The molecule has 0 unspecified atom stereocenters. The third kappa shape index (κ3) is 4.16. The van der Waals surface area contributed by atoms with Crippen molar-refractivity contribution in [3.63, 3.8) is 0 Å². The van der Waals surface area contributed by atoms with E-state index in [1.165, 1.54) is 11.3 Å². The molecular weight excluding hydrogens is 394 g/mol. The molecule has 0 bridgehead atoms. The van der Waals surface area contributed by atoms with Crippen LogP contribution in [0.1, 0.15) is 22.6 Å². The molecule has 1 aromatic carbocycles. The second kappa shape index (κ2) is 8.59. The maximum Gasteiger partial charge on any atom is 0.228 e. The molecule has 4 aromatic rings. The molecule has 3 aromatic heterocycles. The molecule has 0 fully saturated rings. The number of likely N-dealkylation sites (N-methyl/N-ethyl adjacent to an activating group) is 1. The Morgan fingerprint density at radius 1 is 1.13 bits per heavy atom. The van der Waals surface area contributed by atoms with Gasteiger partial charge >= 0.3 is 0 Å². The molecule has 0 aliphatic carbocycles. The van der Waals surface area contributed by atoms with E-state index in [9.17, 15) is 4.79 Å². The first-order chi connectivity index (χ1) is 14.5. The van der Waals surface area contributed by atoms with E-state index < -0.39 is 0 Å². The van der Waals surface area contributed by atoms with Crippen molar-refractivity contribution >= 4 is 17.2 Å². The SMILES string of the molecule is Cc1nn(-c2ccccc2)c(C)c1CN(C)C(=O)Cc1csc(-c2cccnc2)n1. The largest absolute Gasteiger partial charge is 0.341 e. The highest BCUT2D eigenvalue weighted by molar-refractivity contribution is 7.13. The molecule has 30 heavy (non-hydrogen) atoms. The molecular formula is C23H23N5OS. The van der Waals surface area contributed by atoms with Crippen LogP contribution in [0, 0.1) is 13.8 Å². The molecule has 0 aliphatic heterocycles. The number of para-hydroxylation sites is 1. The first-order valence-electron chi connectivity index (χ1n) is 9.72. The molecule has 0 saturated carbocycles. The van der Waals surface area contributed by atoms with Crippen LogP contribution in [0.5, 0.6) is 0 Å².